The van der Waals surface area contributed by atoms with Gasteiger partial charge in [0.1, 0.15) is 16.9 Å². The Morgan fingerprint density at radius 1 is 1.14 bits per heavy atom. The fourth-order valence-corrected chi connectivity index (χ4v) is 4.80. The van der Waals surface area contributed by atoms with Crippen LogP contribution in [0.4, 0.5) is 5.69 Å². The fraction of sp³-hybridized carbons (Fsp3) is 0.222. The summed E-state index contributed by atoms with van der Waals surface area (Å²) < 4.78 is 7.07. The van der Waals surface area contributed by atoms with Crippen LogP contribution in [0.5, 0.6) is 0 Å². The third-order valence-corrected chi connectivity index (χ3v) is 6.59. The van der Waals surface area contributed by atoms with Crippen molar-refractivity contribution >= 4 is 29.1 Å². The molecular weight excluding hydrogens is 464 g/mol. The molecule has 1 aliphatic heterocycles. The minimum absolute atomic E-state index is 0.177. The molecule has 5 rings (SSSR count). The van der Waals surface area contributed by atoms with Crippen molar-refractivity contribution in [2.75, 3.05) is 4.90 Å². The second-order valence-electron chi connectivity index (χ2n) is 9.07. The Morgan fingerprint density at radius 3 is 2.69 bits per heavy atom. The number of aryl methyl sites for hydroxylation is 2. The van der Waals surface area contributed by atoms with E-state index in [2.05, 4.69) is 10.4 Å². The van der Waals surface area contributed by atoms with E-state index in [1.165, 1.54) is 0 Å². The Hall–Kier alpha value is -3.84. The molecule has 0 bridgehead atoms. The van der Waals surface area contributed by atoms with Gasteiger partial charge in [0.25, 0.3) is 5.91 Å². The molecule has 4 aromatic rings. The Kier molecular flexibility index (Phi) is 5.73. The molecule has 178 valence electrons. The number of halogens is 1. The molecular formula is C27H25ClN4O3. The first-order valence-electron chi connectivity index (χ1n) is 11.3. The van der Waals surface area contributed by atoms with Crippen LogP contribution in [-0.2, 0) is 17.9 Å². The van der Waals surface area contributed by atoms with Crippen LogP contribution in [-0.4, -0.2) is 27.1 Å². The van der Waals surface area contributed by atoms with E-state index in [0.29, 0.717) is 34.4 Å². The van der Waals surface area contributed by atoms with Gasteiger partial charge < -0.3 is 9.73 Å². The second-order valence-corrected chi connectivity index (χ2v) is 9.50. The molecule has 0 fully saturated rings. The van der Waals surface area contributed by atoms with E-state index in [1.807, 2.05) is 38.1 Å². The van der Waals surface area contributed by atoms with Crippen molar-refractivity contribution in [3.8, 4) is 11.5 Å². The van der Waals surface area contributed by atoms with Crippen molar-refractivity contribution in [2.24, 2.45) is 0 Å². The average molecular weight is 489 g/mol. The maximum Gasteiger partial charge on any atom is 0.277 e. The van der Waals surface area contributed by atoms with Crippen molar-refractivity contribution in [1.82, 2.24) is 15.1 Å². The number of aromatic nitrogens is 2. The standard InChI is InChI=1S/C27H25ClN4O3/c1-17-6-4-7-19(12-17)15-29-26(34)27(3)16-31-23(14-21(30-31)24-8-5-11-35-24)25(33)32(27)22-10-9-20(28)13-18(22)2/h4-14H,15-16H2,1-3H3,(H,29,34)/t27-/m0/s1. The molecule has 3 heterocycles. The number of furan rings is 1. The predicted molar refractivity (Wildman–Crippen MR) is 134 cm³/mol. The van der Waals surface area contributed by atoms with Gasteiger partial charge in [0.05, 0.1) is 12.8 Å². The van der Waals surface area contributed by atoms with Gasteiger partial charge in [-0.2, -0.15) is 5.10 Å². The summed E-state index contributed by atoms with van der Waals surface area (Å²) in [6.07, 6.45) is 1.56. The summed E-state index contributed by atoms with van der Waals surface area (Å²) in [4.78, 5) is 29.2. The molecule has 1 atom stereocenters. The van der Waals surface area contributed by atoms with E-state index in [4.69, 9.17) is 16.0 Å². The SMILES string of the molecule is Cc1cccc(CNC(=O)[C@]2(C)Cn3nc(-c4ccco4)cc3C(=O)N2c2ccc(Cl)cc2C)c1. The number of rotatable bonds is 5. The number of hydrogen-bond acceptors (Lipinski definition) is 4. The quantitative estimate of drug-likeness (QED) is 0.421. The Bertz CT molecular complexity index is 1430. The first-order chi connectivity index (χ1) is 16.8. The van der Waals surface area contributed by atoms with Crippen molar-refractivity contribution in [3.05, 3.63) is 94.3 Å². The molecule has 0 aliphatic carbocycles. The molecule has 0 radical (unpaired) electrons. The van der Waals surface area contributed by atoms with Crippen molar-refractivity contribution in [2.45, 2.75) is 39.4 Å². The zero-order valence-corrected chi connectivity index (χ0v) is 20.5. The number of fused-ring (bicyclic) bond motifs is 1. The molecule has 0 saturated heterocycles. The summed E-state index contributed by atoms with van der Waals surface area (Å²) in [5.74, 6) is -0.0397. The molecule has 2 aromatic carbocycles. The summed E-state index contributed by atoms with van der Waals surface area (Å²) in [5, 5.41) is 8.19. The van der Waals surface area contributed by atoms with Crippen LogP contribution in [0.25, 0.3) is 11.5 Å². The molecule has 2 aromatic heterocycles. The second kappa shape index (κ2) is 8.74. The number of nitrogens with zero attached hydrogens (tertiary/aromatic N) is 3. The maximum atomic E-state index is 13.9. The number of carbonyl (C=O) groups is 2. The van der Waals surface area contributed by atoms with Crippen LogP contribution in [0.2, 0.25) is 5.02 Å². The van der Waals surface area contributed by atoms with Gasteiger partial charge in [-0.15, -0.1) is 0 Å². The molecule has 0 unspecified atom stereocenters. The molecule has 7 nitrogen and oxygen atoms in total. The molecule has 0 saturated carbocycles. The summed E-state index contributed by atoms with van der Waals surface area (Å²) in [6.45, 7) is 6.17. The number of carbonyl (C=O) groups excluding carboxylic acids is 2. The lowest BCUT2D eigenvalue weighted by molar-refractivity contribution is -0.126. The van der Waals surface area contributed by atoms with Crippen LogP contribution >= 0.6 is 11.6 Å². The highest BCUT2D eigenvalue weighted by molar-refractivity contribution is 6.30. The number of hydrogen-bond donors (Lipinski definition) is 1. The van der Waals surface area contributed by atoms with Gasteiger partial charge in [-0.1, -0.05) is 41.4 Å². The van der Waals surface area contributed by atoms with Crippen LogP contribution in [0.3, 0.4) is 0 Å². The topological polar surface area (TPSA) is 80.4 Å². The highest BCUT2D eigenvalue weighted by Gasteiger charge is 2.49. The highest BCUT2D eigenvalue weighted by Crippen LogP contribution is 2.36. The summed E-state index contributed by atoms with van der Waals surface area (Å²) in [5.41, 5.74) is 3.20. The van der Waals surface area contributed by atoms with E-state index in [0.717, 1.165) is 16.7 Å². The number of amides is 2. The van der Waals surface area contributed by atoms with E-state index in [1.54, 1.807) is 59.2 Å². The zero-order valence-electron chi connectivity index (χ0n) is 19.7. The lowest BCUT2D eigenvalue weighted by Crippen LogP contribution is -2.64. The summed E-state index contributed by atoms with van der Waals surface area (Å²) in [7, 11) is 0. The van der Waals surface area contributed by atoms with E-state index >= 15 is 0 Å². The molecule has 2 amide bonds. The summed E-state index contributed by atoms with van der Waals surface area (Å²) >= 11 is 6.19. The first kappa shape index (κ1) is 22.9. The van der Waals surface area contributed by atoms with Gasteiger partial charge in [0.15, 0.2) is 5.76 Å². The van der Waals surface area contributed by atoms with Gasteiger partial charge in [-0.3, -0.25) is 19.2 Å². The molecule has 0 spiro atoms. The summed E-state index contributed by atoms with van der Waals surface area (Å²) in [6, 6.07) is 18.5. The number of nitrogens with one attached hydrogen (secondary N) is 1. The largest absolute Gasteiger partial charge is 0.463 e. The Balaban J connectivity index is 1.56. The molecule has 1 aliphatic rings. The minimum Gasteiger partial charge on any atom is -0.463 e. The van der Waals surface area contributed by atoms with E-state index in [9.17, 15) is 9.59 Å². The lowest BCUT2D eigenvalue weighted by atomic mass is 9.93. The van der Waals surface area contributed by atoms with Crippen molar-refractivity contribution in [1.29, 1.82) is 0 Å². The zero-order chi connectivity index (χ0) is 24.7. The number of benzene rings is 2. The Labute approximate surface area is 208 Å². The van der Waals surface area contributed by atoms with E-state index in [-0.39, 0.29) is 18.4 Å². The third kappa shape index (κ3) is 4.12. The van der Waals surface area contributed by atoms with Gasteiger partial charge in [-0.25, -0.2) is 0 Å². The minimum atomic E-state index is -1.24. The predicted octanol–water partition coefficient (Wildman–Crippen LogP) is 5.15. The van der Waals surface area contributed by atoms with Gasteiger partial charge in [0, 0.05) is 23.3 Å². The van der Waals surface area contributed by atoms with Gasteiger partial charge in [0.2, 0.25) is 5.91 Å². The van der Waals surface area contributed by atoms with Crippen molar-refractivity contribution < 1.29 is 14.0 Å². The Morgan fingerprint density at radius 2 is 1.97 bits per heavy atom. The van der Waals surface area contributed by atoms with Crippen LogP contribution in [0.1, 0.15) is 34.1 Å². The smallest absolute Gasteiger partial charge is 0.277 e. The van der Waals surface area contributed by atoms with Gasteiger partial charge >= 0.3 is 0 Å². The normalized spacial score (nSPS) is 17.4. The molecule has 1 N–H and O–H groups in total. The van der Waals surface area contributed by atoms with Crippen LogP contribution in [0.15, 0.2) is 71.3 Å². The maximum absolute atomic E-state index is 13.9. The fourth-order valence-electron chi connectivity index (χ4n) is 4.57. The molecule has 8 heteroatoms. The highest BCUT2D eigenvalue weighted by atomic mass is 35.5. The first-order valence-corrected chi connectivity index (χ1v) is 11.7. The molecule has 35 heavy (non-hydrogen) atoms. The monoisotopic (exact) mass is 488 g/mol. The number of anilines is 1. The van der Waals surface area contributed by atoms with Crippen molar-refractivity contribution in [3.63, 3.8) is 0 Å². The van der Waals surface area contributed by atoms with Crippen LogP contribution < -0.4 is 10.2 Å². The third-order valence-electron chi connectivity index (χ3n) is 6.35. The van der Waals surface area contributed by atoms with E-state index < -0.39 is 5.54 Å². The average Bonchev–Trinajstić information content (AvgIpc) is 3.49. The lowest BCUT2D eigenvalue weighted by Gasteiger charge is -2.43. The van der Waals surface area contributed by atoms with Gasteiger partial charge in [-0.05, 0) is 62.2 Å². The van der Waals surface area contributed by atoms with Crippen LogP contribution in [0, 0.1) is 13.8 Å².